The van der Waals surface area contributed by atoms with Crippen molar-refractivity contribution in [3.8, 4) is 11.4 Å². The van der Waals surface area contributed by atoms with Gasteiger partial charge in [-0.15, -0.1) is 0 Å². The monoisotopic (exact) mass is 316 g/mol. The first kappa shape index (κ1) is 15.9. The van der Waals surface area contributed by atoms with Gasteiger partial charge in [-0.2, -0.15) is 18.3 Å². The number of alkyl halides is 3. The average Bonchev–Trinajstić information content (AvgIpc) is 2.68. The molecule has 9 heteroatoms. The maximum Gasteiger partial charge on any atom is 0.408 e. The number of amides is 1. The Hall–Kier alpha value is -2.45. The summed E-state index contributed by atoms with van der Waals surface area (Å²) in [7, 11) is 0. The van der Waals surface area contributed by atoms with E-state index in [1.807, 2.05) is 0 Å². The fourth-order valence-electron chi connectivity index (χ4n) is 1.98. The second-order valence-electron chi connectivity index (χ2n) is 4.73. The van der Waals surface area contributed by atoms with Gasteiger partial charge in [-0.1, -0.05) is 0 Å². The minimum absolute atomic E-state index is 0.0916. The summed E-state index contributed by atoms with van der Waals surface area (Å²) < 4.78 is 51.7. The number of carbonyl (C=O) groups is 1. The molecule has 22 heavy (non-hydrogen) atoms. The van der Waals surface area contributed by atoms with E-state index in [1.54, 1.807) is 6.92 Å². The standard InChI is InChI=1S/C13H12F4N4O/c1-7-4-8(14)2-3-9(7)12-19-11(5-10(18)22)20-21(12)6-13(15,16)17/h2-4H,5-6H2,1H3,(H2,18,22). The first-order chi connectivity index (χ1) is 10.2. The Bertz CT molecular complexity index is 709. The van der Waals surface area contributed by atoms with Crippen molar-refractivity contribution < 1.29 is 22.4 Å². The van der Waals surface area contributed by atoms with Gasteiger partial charge in [0.1, 0.15) is 12.4 Å². The number of aryl methyl sites for hydroxylation is 1. The summed E-state index contributed by atoms with van der Waals surface area (Å²) in [4.78, 5) is 14.8. The van der Waals surface area contributed by atoms with Gasteiger partial charge < -0.3 is 5.73 Å². The van der Waals surface area contributed by atoms with Gasteiger partial charge in [0.25, 0.3) is 0 Å². The maximum atomic E-state index is 13.1. The highest BCUT2D eigenvalue weighted by Gasteiger charge is 2.31. The summed E-state index contributed by atoms with van der Waals surface area (Å²) in [5.74, 6) is -1.48. The Labute approximate surface area is 122 Å². The van der Waals surface area contributed by atoms with E-state index in [1.165, 1.54) is 12.1 Å². The SMILES string of the molecule is Cc1cc(F)ccc1-c1nc(CC(N)=O)nn1CC(F)(F)F. The molecule has 0 radical (unpaired) electrons. The van der Waals surface area contributed by atoms with Crippen molar-refractivity contribution in [1.82, 2.24) is 14.8 Å². The van der Waals surface area contributed by atoms with Crippen molar-refractivity contribution >= 4 is 5.91 Å². The molecule has 1 aromatic carbocycles. The third-order valence-corrected chi connectivity index (χ3v) is 2.81. The lowest BCUT2D eigenvalue weighted by Crippen LogP contribution is -2.20. The molecule has 1 heterocycles. The Morgan fingerprint density at radius 3 is 2.59 bits per heavy atom. The van der Waals surface area contributed by atoms with Crippen LogP contribution in [-0.2, 0) is 17.8 Å². The Balaban J connectivity index is 2.51. The van der Waals surface area contributed by atoms with Gasteiger partial charge in [-0.25, -0.2) is 14.1 Å². The molecule has 0 fully saturated rings. The summed E-state index contributed by atoms with van der Waals surface area (Å²) >= 11 is 0. The van der Waals surface area contributed by atoms with Crippen molar-refractivity contribution in [3.63, 3.8) is 0 Å². The number of hydrogen-bond donors (Lipinski definition) is 1. The van der Waals surface area contributed by atoms with E-state index in [-0.39, 0.29) is 18.1 Å². The normalized spacial score (nSPS) is 11.7. The third kappa shape index (κ3) is 3.80. The minimum atomic E-state index is -4.51. The topological polar surface area (TPSA) is 73.8 Å². The number of halogens is 4. The predicted octanol–water partition coefficient (Wildman–Crippen LogP) is 1.98. The molecule has 0 saturated carbocycles. The summed E-state index contributed by atoms with van der Waals surface area (Å²) in [5.41, 5.74) is 5.70. The molecule has 118 valence electrons. The van der Waals surface area contributed by atoms with Gasteiger partial charge in [0.15, 0.2) is 11.6 Å². The largest absolute Gasteiger partial charge is 0.408 e. The quantitative estimate of drug-likeness (QED) is 0.877. The number of aromatic nitrogens is 3. The lowest BCUT2D eigenvalue weighted by Gasteiger charge is -2.10. The number of nitrogens with zero attached hydrogens (tertiary/aromatic N) is 3. The van der Waals surface area contributed by atoms with Gasteiger partial charge in [0.05, 0.1) is 6.42 Å². The van der Waals surface area contributed by atoms with Crippen LogP contribution >= 0.6 is 0 Å². The number of carbonyl (C=O) groups excluding carboxylic acids is 1. The van der Waals surface area contributed by atoms with E-state index >= 15 is 0 Å². The molecule has 2 N–H and O–H groups in total. The van der Waals surface area contributed by atoms with Crippen molar-refractivity contribution in [1.29, 1.82) is 0 Å². The molecule has 0 aliphatic rings. The Morgan fingerprint density at radius 2 is 2.05 bits per heavy atom. The molecule has 0 saturated heterocycles. The van der Waals surface area contributed by atoms with Crippen molar-refractivity contribution in [3.05, 3.63) is 35.4 Å². The molecule has 0 aliphatic heterocycles. The Morgan fingerprint density at radius 1 is 1.36 bits per heavy atom. The number of hydrogen-bond acceptors (Lipinski definition) is 3. The number of rotatable bonds is 4. The average molecular weight is 316 g/mol. The summed E-state index contributed by atoms with van der Waals surface area (Å²) in [6.07, 6.45) is -4.89. The van der Waals surface area contributed by atoms with Crippen LogP contribution < -0.4 is 5.73 Å². The van der Waals surface area contributed by atoms with E-state index in [4.69, 9.17) is 5.73 Å². The zero-order chi connectivity index (χ0) is 16.5. The molecular weight excluding hydrogens is 304 g/mol. The van der Waals surface area contributed by atoms with Crippen molar-refractivity contribution in [2.24, 2.45) is 5.73 Å². The van der Waals surface area contributed by atoms with Crippen LogP contribution in [0.15, 0.2) is 18.2 Å². The van der Waals surface area contributed by atoms with Crippen molar-refractivity contribution in [2.75, 3.05) is 0 Å². The number of nitrogens with two attached hydrogens (primary N) is 1. The predicted molar refractivity (Wildman–Crippen MR) is 69.1 cm³/mol. The molecular formula is C13H12F4N4O. The molecule has 2 rings (SSSR count). The lowest BCUT2D eigenvalue weighted by molar-refractivity contribution is -0.142. The maximum absolute atomic E-state index is 13.1. The molecule has 2 aromatic rings. The van der Waals surface area contributed by atoms with Crippen LogP contribution in [-0.4, -0.2) is 26.8 Å². The van der Waals surface area contributed by atoms with E-state index in [0.29, 0.717) is 15.8 Å². The van der Waals surface area contributed by atoms with Crippen LogP contribution in [0, 0.1) is 12.7 Å². The molecule has 0 unspecified atom stereocenters. The van der Waals surface area contributed by atoms with E-state index in [9.17, 15) is 22.4 Å². The van der Waals surface area contributed by atoms with E-state index in [2.05, 4.69) is 10.1 Å². The lowest BCUT2D eigenvalue weighted by atomic mass is 10.1. The molecule has 0 bridgehead atoms. The van der Waals surface area contributed by atoms with E-state index in [0.717, 1.165) is 6.07 Å². The van der Waals surface area contributed by atoms with Crippen LogP contribution in [0.3, 0.4) is 0 Å². The smallest absolute Gasteiger partial charge is 0.369 e. The van der Waals surface area contributed by atoms with Crippen molar-refractivity contribution in [2.45, 2.75) is 26.1 Å². The number of primary amides is 1. The van der Waals surface area contributed by atoms with Gasteiger partial charge in [0, 0.05) is 5.56 Å². The van der Waals surface area contributed by atoms with Crippen LogP contribution in [0.4, 0.5) is 17.6 Å². The van der Waals surface area contributed by atoms with Gasteiger partial charge in [-0.05, 0) is 30.7 Å². The zero-order valence-corrected chi connectivity index (χ0v) is 11.5. The molecule has 0 aliphatic carbocycles. The van der Waals surface area contributed by atoms with Gasteiger partial charge in [-0.3, -0.25) is 4.79 Å². The second-order valence-corrected chi connectivity index (χ2v) is 4.73. The van der Waals surface area contributed by atoms with Crippen LogP contribution in [0.5, 0.6) is 0 Å². The summed E-state index contributed by atoms with van der Waals surface area (Å²) in [6, 6.07) is 3.61. The fraction of sp³-hybridized carbons (Fsp3) is 0.308. The molecule has 1 aromatic heterocycles. The first-order valence-electron chi connectivity index (χ1n) is 6.21. The van der Waals surface area contributed by atoms with Crippen LogP contribution in [0.1, 0.15) is 11.4 Å². The third-order valence-electron chi connectivity index (χ3n) is 2.81. The zero-order valence-electron chi connectivity index (χ0n) is 11.5. The van der Waals surface area contributed by atoms with Crippen LogP contribution in [0.25, 0.3) is 11.4 Å². The molecule has 0 atom stereocenters. The summed E-state index contributed by atoms with van der Waals surface area (Å²) in [5, 5.41) is 3.67. The minimum Gasteiger partial charge on any atom is -0.369 e. The highest BCUT2D eigenvalue weighted by atomic mass is 19.4. The Kier molecular flexibility index (Phi) is 4.16. The summed E-state index contributed by atoms with van der Waals surface area (Å²) in [6.45, 7) is 0.170. The highest BCUT2D eigenvalue weighted by molar-refractivity contribution is 5.75. The highest BCUT2D eigenvalue weighted by Crippen LogP contribution is 2.26. The van der Waals surface area contributed by atoms with Gasteiger partial charge in [0.2, 0.25) is 5.91 Å². The molecule has 0 spiro atoms. The van der Waals surface area contributed by atoms with Crippen LogP contribution in [0.2, 0.25) is 0 Å². The fourth-order valence-corrected chi connectivity index (χ4v) is 1.98. The van der Waals surface area contributed by atoms with E-state index < -0.39 is 24.4 Å². The first-order valence-corrected chi connectivity index (χ1v) is 6.21. The molecule has 1 amide bonds. The number of benzene rings is 1. The second kappa shape index (κ2) is 5.74. The molecule has 5 nitrogen and oxygen atoms in total. The van der Waals surface area contributed by atoms with Gasteiger partial charge >= 0.3 is 6.18 Å².